The molecule has 26 heavy (non-hydrogen) atoms. The Hall–Kier alpha value is -2.17. The largest absolute Gasteiger partial charge is 0.316 e. The number of benzene rings is 1. The summed E-state index contributed by atoms with van der Waals surface area (Å²) in [5.41, 5.74) is 0.942. The van der Waals surface area contributed by atoms with E-state index in [1.807, 2.05) is 6.07 Å². The molecule has 0 radical (unpaired) electrons. The van der Waals surface area contributed by atoms with Crippen molar-refractivity contribution in [1.29, 1.82) is 0 Å². The first-order valence-corrected chi connectivity index (χ1v) is 9.92. The summed E-state index contributed by atoms with van der Waals surface area (Å²) in [6.45, 7) is 2.24. The van der Waals surface area contributed by atoms with Gasteiger partial charge in [-0.2, -0.15) is 0 Å². The van der Waals surface area contributed by atoms with Gasteiger partial charge in [-0.1, -0.05) is 76.8 Å². The van der Waals surface area contributed by atoms with Crippen LogP contribution in [-0.4, -0.2) is 9.91 Å². The van der Waals surface area contributed by atoms with Gasteiger partial charge in [0.2, 0.25) is 5.56 Å². The fraction of sp³-hybridized carbons (Fsp3) is 0.571. The van der Waals surface area contributed by atoms with Crippen molar-refractivity contribution in [1.82, 2.24) is 4.98 Å². The lowest BCUT2D eigenvalue weighted by atomic mass is 10.0. The van der Waals surface area contributed by atoms with Crippen molar-refractivity contribution in [2.24, 2.45) is 0 Å². The van der Waals surface area contributed by atoms with E-state index in [0.717, 1.165) is 30.2 Å². The van der Waals surface area contributed by atoms with Crippen LogP contribution in [0.5, 0.6) is 0 Å². The highest BCUT2D eigenvalue weighted by atomic mass is 16.6. The molecule has 2 aromatic rings. The van der Waals surface area contributed by atoms with Crippen LogP contribution in [0.15, 0.2) is 29.1 Å². The van der Waals surface area contributed by atoms with Crippen LogP contribution in [0.2, 0.25) is 0 Å². The van der Waals surface area contributed by atoms with Crippen molar-refractivity contribution in [2.45, 2.75) is 77.6 Å². The lowest BCUT2D eigenvalue weighted by molar-refractivity contribution is -0.383. The van der Waals surface area contributed by atoms with Gasteiger partial charge >= 0.3 is 0 Å². The fourth-order valence-electron chi connectivity index (χ4n) is 3.50. The van der Waals surface area contributed by atoms with Crippen LogP contribution in [0, 0.1) is 10.1 Å². The number of unbranched alkanes of at least 4 members (excludes halogenated alkanes) is 9. The predicted octanol–water partition coefficient (Wildman–Crippen LogP) is 5.90. The van der Waals surface area contributed by atoms with E-state index >= 15 is 0 Å². The summed E-state index contributed by atoms with van der Waals surface area (Å²) in [7, 11) is 0. The Bertz CT molecular complexity index is 767. The Kier molecular flexibility index (Phi) is 8.32. The number of H-pyrrole nitrogens is 1. The average molecular weight is 358 g/mol. The normalized spacial score (nSPS) is 11.1. The molecule has 0 amide bonds. The summed E-state index contributed by atoms with van der Waals surface area (Å²) in [4.78, 5) is 25.2. The molecule has 0 aliphatic rings. The van der Waals surface area contributed by atoms with Gasteiger partial charge in [-0.05, 0) is 18.4 Å². The number of hydrogen-bond donors (Lipinski definition) is 1. The zero-order chi connectivity index (χ0) is 18.8. The van der Waals surface area contributed by atoms with Crippen LogP contribution in [0.3, 0.4) is 0 Å². The molecule has 0 bridgehead atoms. The maximum absolute atomic E-state index is 11.9. The van der Waals surface area contributed by atoms with E-state index in [-0.39, 0.29) is 11.2 Å². The van der Waals surface area contributed by atoms with Crippen molar-refractivity contribution in [2.75, 3.05) is 0 Å². The van der Waals surface area contributed by atoms with Gasteiger partial charge in [-0.3, -0.25) is 14.9 Å². The number of fused-ring (bicyclic) bond motifs is 1. The first-order chi connectivity index (χ1) is 12.6. The summed E-state index contributed by atoms with van der Waals surface area (Å²) in [6, 6.07) is 6.55. The minimum atomic E-state index is -0.442. The molecule has 2 rings (SSSR count). The molecule has 0 unspecified atom stereocenters. The van der Waals surface area contributed by atoms with Gasteiger partial charge in [-0.15, -0.1) is 0 Å². The minimum Gasteiger partial charge on any atom is -0.316 e. The SMILES string of the molecule is CCCCCCCCCCCCc1cc(=O)[nH]c2c([N+](=O)[O-])cccc12. The van der Waals surface area contributed by atoms with Gasteiger partial charge in [0.15, 0.2) is 0 Å². The van der Waals surface area contributed by atoms with Gasteiger partial charge in [-0.25, -0.2) is 0 Å². The van der Waals surface area contributed by atoms with Gasteiger partial charge in [0.25, 0.3) is 5.69 Å². The number of para-hydroxylation sites is 1. The zero-order valence-electron chi connectivity index (χ0n) is 15.8. The molecule has 0 fully saturated rings. The van der Waals surface area contributed by atoms with Crippen LogP contribution in [0.4, 0.5) is 5.69 Å². The summed E-state index contributed by atoms with van der Waals surface area (Å²) in [5, 5.41) is 12.0. The summed E-state index contributed by atoms with van der Waals surface area (Å²) >= 11 is 0. The van der Waals surface area contributed by atoms with E-state index < -0.39 is 4.92 Å². The van der Waals surface area contributed by atoms with E-state index in [0.29, 0.717) is 5.52 Å². The molecule has 142 valence electrons. The second kappa shape index (κ2) is 10.7. The first kappa shape index (κ1) is 20.1. The quantitative estimate of drug-likeness (QED) is 0.291. The van der Waals surface area contributed by atoms with Crippen molar-refractivity contribution in [3.8, 4) is 0 Å². The number of nitro benzene ring substituents is 1. The van der Waals surface area contributed by atoms with Gasteiger partial charge in [0, 0.05) is 17.5 Å². The molecular weight excluding hydrogens is 328 g/mol. The smallest absolute Gasteiger partial charge is 0.293 e. The fourth-order valence-corrected chi connectivity index (χ4v) is 3.50. The second-order valence-corrected chi connectivity index (χ2v) is 7.05. The monoisotopic (exact) mass is 358 g/mol. The Morgan fingerprint density at radius 3 is 2.19 bits per heavy atom. The van der Waals surface area contributed by atoms with Crippen molar-refractivity contribution in [3.05, 3.63) is 50.3 Å². The van der Waals surface area contributed by atoms with Crippen LogP contribution in [-0.2, 0) is 6.42 Å². The van der Waals surface area contributed by atoms with E-state index in [2.05, 4.69) is 11.9 Å². The Morgan fingerprint density at radius 2 is 1.58 bits per heavy atom. The Labute approximate surface area is 155 Å². The number of pyridine rings is 1. The molecule has 0 aliphatic carbocycles. The molecule has 0 saturated heterocycles. The number of aryl methyl sites for hydroxylation is 1. The van der Waals surface area contributed by atoms with Crippen molar-refractivity contribution >= 4 is 16.6 Å². The highest BCUT2D eigenvalue weighted by molar-refractivity contribution is 5.89. The molecule has 0 saturated carbocycles. The molecule has 1 aromatic heterocycles. The number of rotatable bonds is 12. The first-order valence-electron chi connectivity index (χ1n) is 9.92. The molecule has 0 aliphatic heterocycles. The van der Waals surface area contributed by atoms with Gasteiger partial charge in [0.05, 0.1) is 4.92 Å². The number of aromatic amines is 1. The molecule has 5 heteroatoms. The molecule has 1 aromatic carbocycles. The van der Waals surface area contributed by atoms with Crippen LogP contribution in [0.25, 0.3) is 10.9 Å². The molecule has 1 N–H and O–H groups in total. The molecule has 0 atom stereocenters. The Morgan fingerprint density at radius 1 is 0.962 bits per heavy atom. The molecule has 5 nitrogen and oxygen atoms in total. The van der Waals surface area contributed by atoms with E-state index in [9.17, 15) is 14.9 Å². The van der Waals surface area contributed by atoms with Gasteiger partial charge in [0.1, 0.15) is 5.52 Å². The van der Waals surface area contributed by atoms with E-state index in [1.165, 1.54) is 57.4 Å². The standard InChI is InChI=1S/C21H30N2O3/c1-2-3-4-5-6-7-8-9-10-11-13-17-16-20(24)22-21-18(17)14-12-15-19(21)23(25)26/h12,14-16H,2-11,13H2,1H3,(H,22,24). The van der Waals surface area contributed by atoms with Crippen molar-refractivity contribution in [3.63, 3.8) is 0 Å². The third-order valence-corrected chi connectivity index (χ3v) is 4.94. The number of aromatic nitrogens is 1. The lowest BCUT2D eigenvalue weighted by Crippen LogP contribution is -2.08. The highest BCUT2D eigenvalue weighted by Gasteiger charge is 2.14. The van der Waals surface area contributed by atoms with Gasteiger partial charge < -0.3 is 4.98 Å². The lowest BCUT2D eigenvalue weighted by Gasteiger charge is -2.07. The third-order valence-electron chi connectivity index (χ3n) is 4.94. The van der Waals surface area contributed by atoms with E-state index in [1.54, 1.807) is 12.1 Å². The van der Waals surface area contributed by atoms with Crippen LogP contribution >= 0.6 is 0 Å². The summed E-state index contributed by atoms with van der Waals surface area (Å²) in [6.07, 6.45) is 13.4. The molecule has 1 heterocycles. The number of nitrogens with zero attached hydrogens (tertiary/aromatic N) is 1. The maximum Gasteiger partial charge on any atom is 0.293 e. The molecule has 0 spiro atoms. The van der Waals surface area contributed by atoms with Crippen LogP contribution in [0.1, 0.15) is 76.7 Å². The zero-order valence-corrected chi connectivity index (χ0v) is 15.8. The minimum absolute atomic E-state index is 0.0375. The average Bonchev–Trinajstić information content (AvgIpc) is 2.62. The number of non-ortho nitro benzene ring substituents is 1. The number of nitro groups is 1. The second-order valence-electron chi connectivity index (χ2n) is 7.05. The number of nitrogens with one attached hydrogen (secondary N) is 1. The summed E-state index contributed by atoms with van der Waals surface area (Å²) < 4.78 is 0. The maximum atomic E-state index is 11.9. The van der Waals surface area contributed by atoms with E-state index in [4.69, 9.17) is 0 Å². The third kappa shape index (κ3) is 5.97. The van der Waals surface area contributed by atoms with Crippen molar-refractivity contribution < 1.29 is 4.92 Å². The topological polar surface area (TPSA) is 76.0 Å². The number of hydrogen-bond acceptors (Lipinski definition) is 3. The Balaban J connectivity index is 1.83. The highest BCUT2D eigenvalue weighted by Crippen LogP contribution is 2.25. The molecular formula is C21H30N2O3. The predicted molar refractivity (Wildman–Crippen MR) is 107 cm³/mol. The summed E-state index contributed by atoms with van der Waals surface area (Å²) in [5.74, 6) is 0. The van der Waals surface area contributed by atoms with Crippen LogP contribution < -0.4 is 5.56 Å².